The highest BCUT2D eigenvalue weighted by atomic mass is 19.1. The summed E-state index contributed by atoms with van der Waals surface area (Å²) in [6.07, 6.45) is 0.387. The summed E-state index contributed by atoms with van der Waals surface area (Å²) in [4.78, 5) is 20.5. The van der Waals surface area contributed by atoms with Crippen LogP contribution in [0.2, 0.25) is 0 Å². The fourth-order valence-corrected chi connectivity index (χ4v) is 3.41. The lowest BCUT2D eigenvalue weighted by Gasteiger charge is -2.41. The van der Waals surface area contributed by atoms with Gasteiger partial charge in [-0.1, -0.05) is 24.3 Å². The molecule has 1 amide bonds. The van der Waals surface area contributed by atoms with Crippen molar-refractivity contribution in [3.05, 3.63) is 65.2 Å². The first-order chi connectivity index (χ1) is 12.6. The molecule has 1 aromatic heterocycles. The van der Waals surface area contributed by atoms with E-state index in [4.69, 9.17) is 0 Å². The first-order valence-electron chi connectivity index (χ1n) is 8.73. The Hall–Kier alpha value is -2.73. The third-order valence-electron chi connectivity index (χ3n) is 5.00. The van der Waals surface area contributed by atoms with E-state index in [1.54, 1.807) is 18.2 Å². The van der Waals surface area contributed by atoms with E-state index >= 15 is 0 Å². The van der Waals surface area contributed by atoms with Crippen LogP contribution < -0.4 is 10.6 Å². The van der Waals surface area contributed by atoms with Gasteiger partial charge in [0.15, 0.2) is 0 Å². The van der Waals surface area contributed by atoms with Gasteiger partial charge >= 0.3 is 0 Å². The van der Waals surface area contributed by atoms with Crippen LogP contribution in [-0.4, -0.2) is 29.0 Å². The number of aromatic nitrogens is 2. The molecule has 0 saturated carbocycles. The number of carbonyl (C=O) groups is 1. The molecule has 1 saturated heterocycles. The van der Waals surface area contributed by atoms with E-state index in [1.165, 1.54) is 6.07 Å². The first kappa shape index (κ1) is 16.7. The Labute approximate surface area is 151 Å². The summed E-state index contributed by atoms with van der Waals surface area (Å²) in [6, 6.07) is 12.6. The van der Waals surface area contributed by atoms with E-state index in [-0.39, 0.29) is 11.7 Å². The standard InChI is InChI=1S/C20H21FN4O/c1-13-6-7-16-17(8-13)25-18(24-16)10-23-19(26)20(11-22-12-20)9-14-4-2-3-5-15(14)21/h2-8,22H,9-12H2,1H3,(H,23,26)(H,24,25). The zero-order valence-corrected chi connectivity index (χ0v) is 14.6. The van der Waals surface area contributed by atoms with Crippen LogP contribution in [0.15, 0.2) is 42.5 Å². The maximum absolute atomic E-state index is 14.0. The lowest BCUT2D eigenvalue weighted by Crippen LogP contribution is -2.62. The predicted octanol–water partition coefficient (Wildman–Crippen LogP) is 2.46. The van der Waals surface area contributed by atoms with Crippen LogP contribution in [0, 0.1) is 18.2 Å². The van der Waals surface area contributed by atoms with E-state index in [1.807, 2.05) is 25.1 Å². The number of benzene rings is 2. The van der Waals surface area contributed by atoms with Crippen molar-refractivity contribution >= 4 is 16.9 Å². The van der Waals surface area contributed by atoms with Crippen molar-refractivity contribution < 1.29 is 9.18 Å². The molecular formula is C20H21FN4O. The summed E-state index contributed by atoms with van der Waals surface area (Å²) >= 11 is 0. The summed E-state index contributed by atoms with van der Waals surface area (Å²) in [6.45, 7) is 3.45. The second kappa shape index (κ2) is 6.53. The number of nitrogens with zero attached hydrogens (tertiary/aromatic N) is 1. The van der Waals surface area contributed by atoms with E-state index in [0.29, 0.717) is 37.4 Å². The third kappa shape index (κ3) is 3.08. The van der Waals surface area contributed by atoms with Gasteiger partial charge in [0, 0.05) is 13.1 Å². The summed E-state index contributed by atoms with van der Waals surface area (Å²) in [5, 5.41) is 6.10. The van der Waals surface area contributed by atoms with Crippen LogP contribution in [0.1, 0.15) is 17.0 Å². The molecule has 3 aromatic rings. The number of rotatable bonds is 5. The Morgan fingerprint density at radius 2 is 2.08 bits per heavy atom. The molecule has 0 atom stereocenters. The molecule has 1 aliphatic rings. The van der Waals surface area contributed by atoms with E-state index in [9.17, 15) is 9.18 Å². The van der Waals surface area contributed by atoms with Crippen LogP contribution in [0.25, 0.3) is 11.0 Å². The lowest BCUT2D eigenvalue weighted by atomic mass is 9.75. The van der Waals surface area contributed by atoms with Gasteiger partial charge in [-0.15, -0.1) is 0 Å². The maximum Gasteiger partial charge on any atom is 0.229 e. The molecule has 4 rings (SSSR count). The molecule has 134 valence electrons. The topological polar surface area (TPSA) is 69.8 Å². The van der Waals surface area contributed by atoms with Crippen molar-refractivity contribution in [3.8, 4) is 0 Å². The highest BCUT2D eigenvalue weighted by Crippen LogP contribution is 2.29. The molecule has 26 heavy (non-hydrogen) atoms. The first-order valence-corrected chi connectivity index (χ1v) is 8.73. The monoisotopic (exact) mass is 352 g/mol. The highest BCUT2D eigenvalue weighted by Gasteiger charge is 2.44. The molecule has 1 fully saturated rings. The number of hydrogen-bond donors (Lipinski definition) is 3. The number of H-pyrrole nitrogens is 1. The number of hydrogen-bond acceptors (Lipinski definition) is 3. The van der Waals surface area contributed by atoms with E-state index in [0.717, 1.165) is 16.6 Å². The van der Waals surface area contributed by atoms with Crippen LogP contribution in [-0.2, 0) is 17.8 Å². The van der Waals surface area contributed by atoms with Crippen molar-refractivity contribution in [1.29, 1.82) is 0 Å². The minimum absolute atomic E-state index is 0.0730. The van der Waals surface area contributed by atoms with Crippen molar-refractivity contribution in [1.82, 2.24) is 20.6 Å². The molecule has 6 heteroatoms. The van der Waals surface area contributed by atoms with Gasteiger partial charge in [-0.05, 0) is 42.7 Å². The SMILES string of the molecule is Cc1ccc2nc(CNC(=O)C3(Cc4ccccc4F)CNC3)[nH]c2c1. The third-order valence-corrected chi connectivity index (χ3v) is 5.00. The van der Waals surface area contributed by atoms with Gasteiger partial charge < -0.3 is 15.6 Å². The van der Waals surface area contributed by atoms with Gasteiger partial charge in [-0.25, -0.2) is 9.37 Å². The number of halogens is 1. The Balaban J connectivity index is 1.46. The van der Waals surface area contributed by atoms with E-state index in [2.05, 4.69) is 20.6 Å². The second-order valence-corrected chi connectivity index (χ2v) is 7.04. The largest absolute Gasteiger partial charge is 0.348 e. The van der Waals surface area contributed by atoms with Gasteiger partial charge in [0.2, 0.25) is 5.91 Å². The predicted molar refractivity (Wildman–Crippen MR) is 98.1 cm³/mol. The maximum atomic E-state index is 14.0. The Kier molecular flexibility index (Phi) is 4.20. The van der Waals surface area contributed by atoms with Gasteiger partial charge in [-0.3, -0.25) is 4.79 Å². The molecule has 2 aromatic carbocycles. The van der Waals surface area contributed by atoms with Crippen molar-refractivity contribution in [2.45, 2.75) is 19.9 Å². The van der Waals surface area contributed by atoms with Crippen molar-refractivity contribution in [2.75, 3.05) is 13.1 Å². The van der Waals surface area contributed by atoms with Gasteiger partial charge in [-0.2, -0.15) is 0 Å². The fourth-order valence-electron chi connectivity index (χ4n) is 3.41. The normalized spacial score (nSPS) is 15.6. The molecule has 0 unspecified atom stereocenters. The van der Waals surface area contributed by atoms with Crippen molar-refractivity contribution in [2.24, 2.45) is 5.41 Å². The number of imidazole rings is 1. The molecule has 1 aliphatic heterocycles. The summed E-state index contributed by atoms with van der Waals surface area (Å²) in [5.74, 6) is 0.377. The minimum Gasteiger partial charge on any atom is -0.348 e. The number of aromatic amines is 1. The number of carbonyl (C=O) groups excluding carboxylic acids is 1. The van der Waals surface area contributed by atoms with E-state index < -0.39 is 5.41 Å². The summed E-state index contributed by atoms with van der Waals surface area (Å²) < 4.78 is 14.0. The average Bonchev–Trinajstić information content (AvgIpc) is 2.99. The second-order valence-electron chi connectivity index (χ2n) is 7.04. The Bertz CT molecular complexity index is 961. The summed E-state index contributed by atoms with van der Waals surface area (Å²) in [7, 11) is 0. The fraction of sp³-hybridized carbons (Fsp3) is 0.300. The van der Waals surface area contributed by atoms with Crippen LogP contribution in [0.4, 0.5) is 4.39 Å². The number of amides is 1. The molecule has 3 N–H and O–H groups in total. The Morgan fingerprint density at radius 3 is 2.81 bits per heavy atom. The minimum atomic E-state index is -0.606. The number of nitrogens with one attached hydrogen (secondary N) is 3. The van der Waals surface area contributed by atoms with Gasteiger partial charge in [0.05, 0.1) is 23.0 Å². The molecule has 5 nitrogen and oxygen atoms in total. The number of aryl methyl sites for hydroxylation is 1. The highest BCUT2D eigenvalue weighted by molar-refractivity contribution is 5.84. The molecule has 0 spiro atoms. The van der Waals surface area contributed by atoms with Crippen LogP contribution in [0.3, 0.4) is 0 Å². The van der Waals surface area contributed by atoms with Crippen molar-refractivity contribution in [3.63, 3.8) is 0 Å². The van der Waals surface area contributed by atoms with Crippen LogP contribution >= 0.6 is 0 Å². The average molecular weight is 352 g/mol. The zero-order valence-electron chi connectivity index (χ0n) is 14.6. The Morgan fingerprint density at radius 1 is 1.27 bits per heavy atom. The smallest absolute Gasteiger partial charge is 0.229 e. The number of fused-ring (bicyclic) bond motifs is 1. The molecule has 0 bridgehead atoms. The lowest BCUT2D eigenvalue weighted by molar-refractivity contribution is -0.134. The molecule has 0 aliphatic carbocycles. The summed E-state index contributed by atoms with van der Waals surface area (Å²) in [5.41, 5.74) is 2.96. The van der Waals surface area contributed by atoms with Crippen LogP contribution in [0.5, 0.6) is 0 Å². The molecular weight excluding hydrogens is 331 g/mol. The van der Waals surface area contributed by atoms with Gasteiger partial charge in [0.25, 0.3) is 0 Å². The zero-order chi connectivity index (χ0) is 18.1. The quantitative estimate of drug-likeness (QED) is 0.661. The van der Waals surface area contributed by atoms with Gasteiger partial charge in [0.1, 0.15) is 11.6 Å². The molecule has 0 radical (unpaired) electrons. The molecule has 2 heterocycles.